The van der Waals surface area contributed by atoms with Gasteiger partial charge < -0.3 is 5.32 Å². The standard InChI is InChI=1S/C5H17N5.CH4/c1-3-9(6)5-10(7)4-8-2;/h8H,3-7H2,1-2H3;1H4. The summed E-state index contributed by atoms with van der Waals surface area (Å²) in [6.07, 6.45) is 0. The van der Waals surface area contributed by atoms with Crippen molar-refractivity contribution < 1.29 is 0 Å². The largest absolute Gasteiger partial charge is 0.306 e. The van der Waals surface area contributed by atoms with Crippen LogP contribution in [0.4, 0.5) is 0 Å². The first-order chi connectivity index (χ1) is 4.70. The molecule has 0 aliphatic heterocycles. The molecule has 0 atom stereocenters. The van der Waals surface area contributed by atoms with Crippen LogP contribution in [-0.2, 0) is 0 Å². The Labute approximate surface area is 69.3 Å². The fourth-order valence-electron chi connectivity index (χ4n) is 0.586. The van der Waals surface area contributed by atoms with Gasteiger partial charge in [0.25, 0.3) is 0 Å². The molecule has 5 nitrogen and oxygen atoms in total. The van der Waals surface area contributed by atoms with Gasteiger partial charge in [-0.15, -0.1) is 0 Å². The van der Waals surface area contributed by atoms with Crippen molar-refractivity contribution in [3.8, 4) is 0 Å². The van der Waals surface area contributed by atoms with Crippen molar-refractivity contribution in [1.82, 2.24) is 15.3 Å². The highest BCUT2D eigenvalue weighted by atomic mass is 15.6. The van der Waals surface area contributed by atoms with Crippen LogP contribution in [0.15, 0.2) is 0 Å². The van der Waals surface area contributed by atoms with E-state index < -0.39 is 0 Å². The second-order valence-electron chi connectivity index (χ2n) is 2.15. The molecule has 0 bridgehead atoms. The zero-order valence-electron chi connectivity index (χ0n) is 6.67. The minimum absolute atomic E-state index is 0. The molecule has 0 aromatic carbocycles. The van der Waals surface area contributed by atoms with Crippen molar-refractivity contribution >= 4 is 0 Å². The molecule has 0 aliphatic carbocycles. The maximum absolute atomic E-state index is 5.51. The summed E-state index contributed by atoms with van der Waals surface area (Å²) in [6, 6.07) is 0. The zero-order valence-corrected chi connectivity index (χ0v) is 6.67. The van der Waals surface area contributed by atoms with Gasteiger partial charge in [-0.3, -0.25) is 11.7 Å². The fourth-order valence-corrected chi connectivity index (χ4v) is 0.586. The maximum atomic E-state index is 5.51. The van der Waals surface area contributed by atoms with Crippen molar-refractivity contribution in [3.63, 3.8) is 0 Å². The molecule has 0 fully saturated rings. The molecule has 5 heteroatoms. The second-order valence-corrected chi connectivity index (χ2v) is 2.15. The smallest absolute Gasteiger partial charge is 0.0791 e. The molecule has 70 valence electrons. The van der Waals surface area contributed by atoms with E-state index in [0.29, 0.717) is 13.3 Å². The molecule has 0 rings (SSSR count). The molecular formula is C6H21N5. The summed E-state index contributed by atoms with van der Waals surface area (Å²) in [6.45, 7) is 4.01. The molecule has 0 saturated carbocycles. The molecule has 0 aromatic rings. The Hall–Kier alpha value is -0.200. The van der Waals surface area contributed by atoms with Crippen molar-refractivity contribution in [3.05, 3.63) is 0 Å². The fraction of sp³-hybridized carbons (Fsp3) is 1.00. The quantitative estimate of drug-likeness (QED) is 0.279. The van der Waals surface area contributed by atoms with E-state index in [-0.39, 0.29) is 7.43 Å². The topological polar surface area (TPSA) is 70.5 Å². The van der Waals surface area contributed by atoms with Crippen molar-refractivity contribution in [2.75, 3.05) is 26.9 Å². The lowest BCUT2D eigenvalue weighted by atomic mass is 10.7. The lowest BCUT2D eigenvalue weighted by Crippen LogP contribution is -2.48. The van der Waals surface area contributed by atoms with Crippen LogP contribution in [0.5, 0.6) is 0 Å². The van der Waals surface area contributed by atoms with Crippen LogP contribution in [0.25, 0.3) is 0 Å². The molecule has 0 aromatic heterocycles. The number of nitrogens with two attached hydrogens (primary N) is 2. The van der Waals surface area contributed by atoms with Crippen molar-refractivity contribution in [2.24, 2.45) is 11.7 Å². The highest BCUT2D eigenvalue weighted by molar-refractivity contribution is 4.42. The molecule has 0 aliphatic rings. The SMILES string of the molecule is C.CCN(N)CN(N)CNC. The lowest BCUT2D eigenvalue weighted by molar-refractivity contribution is 0.132. The van der Waals surface area contributed by atoms with E-state index in [4.69, 9.17) is 11.7 Å². The minimum atomic E-state index is 0. The van der Waals surface area contributed by atoms with Crippen LogP contribution in [0.1, 0.15) is 14.4 Å². The van der Waals surface area contributed by atoms with Crippen LogP contribution >= 0.6 is 0 Å². The van der Waals surface area contributed by atoms with Crippen LogP contribution in [0, 0.1) is 0 Å². The van der Waals surface area contributed by atoms with Crippen LogP contribution in [0.3, 0.4) is 0 Å². The molecule has 0 amide bonds. The van der Waals surface area contributed by atoms with Gasteiger partial charge in [-0.05, 0) is 7.05 Å². The number of hydrazine groups is 2. The summed E-state index contributed by atoms with van der Waals surface area (Å²) in [5.41, 5.74) is 0. The monoisotopic (exact) mass is 163 g/mol. The van der Waals surface area contributed by atoms with Gasteiger partial charge in [-0.1, -0.05) is 14.4 Å². The van der Waals surface area contributed by atoms with Gasteiger partial charge in [-0.25, -0.2) is 10.0 Å². The molecule has 0 unspecified atom stereocenters. The Morgan fingerprint density at radius 2 is 1.82 bits per heavy atom. The first-order valence-electron chi connectivity index (χ1n) is 3.34. The zero-order chi connectivity index (χ0) is 7.98. The number of rotatable bonds is 5. The maximum Gasteiger partial charge on any atom is 0.0791 e. The van der Waals surface area contributed by atoms with Crippen LogP contribution in [-0.4, -0.2) is 36.9 Å². The number of nitrogens with zero attached hydrogens (tertiary/aromatic N) is 2. The van der Waals surface area contributed by atoms with E-state index in [1.54, 1.807) is 10.0 Å². The highest BCUT2D eigenvalue weighted by Crippen LogP contribution is 1.77. The summed E-state index contributed by atoms with van der Waals surface area (Å²) in [4.78, 5) is 0. The number of hydrogen-bond acceptors (Lipinski definition) is 5. The minimum Gasteiger partial charge on any atom is -0.306 e. The Morgan fingerprint density at radius 3 is 2.18 bits per heavy atom. The first kappa shape index (κ1) is 13.4. The van der Waals surface area contributed by atoms with Gasteiger partial charge >= 0.3 is 0 Å². The average molecular weight is 163 g/mol. The van der Waals surface area contributed by atoms with Crippen molar-refractivity contribution in [1.29, 1.82) is 0 Å². The highest BCUT2D eigenvalue weighted by Gasteiger charge is 1.99. The molecule has 5 N–H and O–H groups in total. The first-order valence-corrected chi connectivity index (χ1v) is 3.34. The van der Waals surface area contributed by atoms with E-state index in [9.17, 15) is 0 Å². The predicted molar refractivity (Wildman–Crippen MR) is 48.1 cm³/mol. The molecule has 0 spiro atoms. The summed E-state index contributed by atoms with van der Waals surface area (Å²) in [5, 5.41) is 6.15. The van der Waals surface area contributed by atoms with E-state index in [0.717, 1.165) is 6.54 Å². The molecule has 0 saturated heterocycles. The Balaban J connectivity index is 0. The third-order valence-electron chi connectivity index (χ3n) is 1.13. The Bertz CT molecular complexity index is 77.4. The summed E-state index contributed by atoms with van der Waals surface area (Å²) in [5.74, 6) is 11.0. The Kier molecular flexibility index (Phi) is 9.62. The second kappa shape index (κ2) is 7.90. The summed E-state index contributed by atoms with van der Waals surface area (Å²) >= 11 is 0. The molecular weight excluding hydrogens is 142 g/mol. The van der Waals surface area contributed by atoms with E-state index in [1.807, 2.05) is 14.0 Å². The van der Waals surface area contributed by atoms with Gasteiger partial charge in [-0.2, -0.15) is 0 Å². The van der Waals surface area contributed by atoms with Gasteiger partial charge in [0.2, 0.25) is 0 Å². The Morgan fingerprint density at radius 1 is 1.27 bits per heavy atom. The van der Waals surface area contributed by atoms with Gasteiger partial charge in [0, 0.05) is 6.54 Å². The lowest BCUT2D eigenvalue weighted by Gasteiger charge is -2.21. The van der Waals surface area contributed by atoms with Gasteiger partial charge in [0.05, 0.1) is 13.3 Å². The third-order valence-corrected chi connectivity index (χ3v) is 1.13. The van der Waals surface area contributed by atoms with E-state index >= 15 is 0 Å². The van der Waals surface area contributed by atoms with Gasteiger partial charge in [0.1, 0.15) is 0 Å². The van der Waals surface area contributed by atoms with E-state index in [2.05, 4.69) is 5.32 Å². The molecule has 0 heterocycles. The number of hydrogen-bond donors (Lipinski definition) is 3. The normalized spacial score (nSPS) is 10.4. The van der Waals surface area contributed by atoms with Crippen molar-refractivity contribution in [2.45, 2.75) is 14.4 Å². The number of nitrogens with one attached hydrogen (secondary N) is 1. The third kappa shape index (κ3) is 7.70. The summed E-state index contributed by atoms with van der Waals surface area (Å²) < 4.78 is 0. The average Bonchev–Trinajstić information content (AvgIpc) is 1.88. The molecule has 11 heavy (non-hydrogen) atoms. The van der Waals surface area contributed by atoms with Gasteiger partial charge in [0.15, 0.2) is 0 Å². The van der Waals surface area contributed by atoms with Crippen LogP contribution in [0.2, 0.25) is 0 Å². The molecule has 0 radical (unpaired) electrons. The summed E-state index contributed by atoms with van der Waals surface area (Å²) in [7, 11) is 1.84. The predicted octanol–water partition coefficient (Wildman–Crippen LogP) is -0.872. The van der Waals surface area contributed by atoms with Crippen LogP contribution < -0.4 is 17.0 Å². The van der Waals surface area contributed by atoms with E-state index in [1.165, 1.54) is 0 Å².